The van der Waals surface area contributed by atoms with E-state index in [0.29, 0.717) is 12.1 Å². The number of carbonyl (C=O) groups excluding carboxylic acids is 1. The van der Waals surface area contributed by atoms with Crippen molar-refractivity contribution in [2.24, 2.45) is 0 Å². The molecular weight excluding hydrogens is 322 g/mol. The monoisotopic (exact) mass is 346 g/mol. The third-order valence-electron chi connectivity index (χ3n) is 2.96. The van der Waals surface area contributed by atoms with Crippen molar-refractivity contribution in [3.63, 3.8) is 0 Å². The number of amides is 1. The molecule has 2 N–H and O–H groups in total. The van der Waals surface area contributed by atoms with Gasteiger partial charge in [-0.15, -0.1) is 0 Å². The zero-order valence-electron chi connectivity index (χ0n) is 13.8. The first kappa shape index (κ1) is 19.7. The Morgan fingerprint density at radius 3 is 2.30 bits per heavy atom. The van der Waals surface area contributed by atoms with Crippen LogP contribution in [-0.2, 0) is 11.2 Å². The number of halogens is 2. The third-order valence-corrected chi connectivity index (χ3v) is 3.50. The van der Waals surface area contributed by atoms with Crippen LogP contribution in [0.25, 0.3) is 0 Å². The van der Waals surface area contributed by atoms with E-state index in [1.165, 1.54) is 12.1 Å². The van der Waals surface area contributed by atoms with Gasteiger partial charge in [0, 0.05) is 23.9 Å². The van der Waals surface area contributed by atoms with Gasteiger partial charge in [0.1, 0.15) is 17.2 Å². The topological polar surface area (TPSA) is 50.4 Å². The van der Waals surface area contributed by atoms with E-state index in [1.807, 2.05) is 0 Å². The molecule has 0 heterocycles. The van der Waals surface area contributed by atoms with Gasteiger partial charge < -0.3 is 15.4 Å². The number of benzene rings is 1. The normalized spacial score (nSPS) is 14.2. The van der Waals surface area contributed by atoms with Crippen molar-refractivity contribution in [2.75, 3.05) is 13.6 Å². The second kappa shape index (κ2) is 8.49. The molecule has 1 rings (SSSR count). The Bertz CT molecular complexity index is 515. The molecular formula is C16H24F2N2O2S. The van der Waals surface area contributed by atoms with Gasteiger partial charge >= 0.3 is 6.09 Å². The Balaban J connectivity index is 2.85. The smallest absolute Gasteiger partial charge is 0.407 e. The van der Waals surface area contributed by atoms with E-state index in [4.69, 9.17) is 4.74 Å². The van der Waals surface area contributed by atoms with Crippen molar-refractivity contribution in [3.8, 4) is 0 Å². The molecule has 130 valence electrons. The number of alkyl carbamates (subject to hydrolysis) is 1. The molecule has 4 nitrogen and oxygen atoms in total. The molecule has 0 spiro atoms. The molecule has 2 atom stereocenters. The molecule has 0 fully saturated rings. The molecule has 1 amide bonds. The van der Waals surface area contributed by atoms with Crippen LogP contribution in [-0.4, -0.2) is 36.6 Å². The summed E-state index contributed by atoms with van der Waals surface area (Å²) >= 11 is 4.45. The summed E-state index contributed by atoms with van der Waals surface area (Å²) in [5.41, 5.74) is -0.187. The lowest BCUT2D eigenvalue weighted by Crippen LogP contribution is -2.47. The summed E-state index contributed by atoms with van der Waals surface area (Å²) in [5, 5.41) is 5.43. The molecule has 0 aliphatic carbocycles. The molecule has 1 aromatic rings. The van der Waals surface area contributed by atoms with E-state index in [1.54, 1.807) is 27.8 Å². The van der Waals surface area contributed by atoms with Gasteiger partial charge in [0.15, 0.2) is 0 Å². The summed E-state index contributed by atoms with van der Waals surface area (Å²) in [6.07, 6.45) is -0.349. The largest absolute Gasteiger partial charge is 0.444 e. The van der Waals surface area contributed by atoms with Gasteiger partial charge in [-0.1, -0.05) is 0 Å². The van der Waals surface area contributed by atoms with Gasteiger partial charge in [-0.2, -0.15) is 12.6 Å². The Morgan fingerprint density at radius 2 is 1.83 bits per heavy atom. The minimum Gasteiger partial charge on any atom is -0.444 e. The van der Waals surface area contributed by atoms with E-state index in [9.17, 15) is 13.6 Å². The number of hydrogen-bond acceptors (Lipinski definition) is 4. The van der Waals surface area contributed by atoms with Gasteiger partial charge in [-0.05, 0) is 51.9 Å². The van der Waals surface area contributed by atoms with Crippen LogP contribution in [0.3, 0.4) is 0 Å². The first-order valence-corrected chi connectivity index (χ1v) is 7.89. The van der Waals surface area contributed by atoms with Crippen molar-refractivity contribution in [1.82, 2.24) is 10.6 Å². The fourth-order valence-electron chi connectivity index (χ4n) is 2.08. The molecule has 0 radical (unpaired) electrons. The first-order valence-electron chi connectivity index (χ1n) is 7.38. The predicted octanol–water partition coefficient (Wildman–Crippen LogP) is 2.92. The van der Waals surface area contributed by atoms with E-state index < -0.39 is 29.4 Å². The summed E-state index contributed by atoms with van der Waals surface area (Å²) in [7, 11) is 1.76. The molecule has 0 saturated heterocycles. The molecule has 0 aromatic heterocycles. The second-order valence-electron chi connectivity index (χ2n) is 6.36. The number of hydrogen-bond donors (Lipinski definition) is 3. The van der Waals surface area contributed by atoms with Crippen LogP contribution in [0, 0.1) is 11.6 Å². The number of rotatable bonds is 6. The van der Waals surface area contributed by atoms with Crippen LogP contribution in [0.5, 0.6) is 0 Å². The van der Waals surface area contributed by atoms with Gasteiger partial charge in [0.2, 0.25) is 0 Å². The van der Waals surface area contributed by atoms with Crippen molar-refractivity contribution < 1.29 is 18.3 Å². The summed E-state index contributed by atoms with van der Waals surface area (Å²) in [5.74, 6) is -1.30. The van der Waals surface area contributed by atoms with Crippen molar-refractivity contribution in [1.29, 1.82) is 0 Å². The molecule has 1 aromatic carbocycles. The zero-order valence-corrected chi connectivity index (χ0v) is 14.7. The van der Waals surface area contributed by atoms with Gasteiger partial charge in [-0.25, -0.2) is 13.6 Å². The zero-order chi connectivity index (χ0) is 17.6. The van der Waals surface area contributed by atoms with Crippen LogP contribution in [0.1, 0.15) is 26.3 Å². The minimum absolute atomic E-state index is 0.240. The van der Waals surface area contributed by atoms with Gasteiger partial charge in [0.25, 0.3) is 0 Å². The van der Waals surface area contributed by atoms with E-state index >= 15 is 0 Å². The minimum atomic E-state index is -0.652. The molecule has 0 aliphatic heterocycles. The molecule has 0 unspecified atom stereocenters. The maximum atomic E-state index is 13.3. The fourth-order valence-corrected chi connectivity index (χ4v) is 2.44. The highest BCUT2D eigenvalue weighted by molar-refractivity contribution is 7.81. The van der Waals surface area contributed by atoms with E-state index in [-0.39, 0.29) is 11.7 Å². The lowest BCUT2D eigenvalue weighted by molar-refractivity contribution is 0.0503. The average molecular weight is 346 g/mol. The van der Waals surface area contributed by atoms with Crippen molar-refractivity contribution in [2.45, 2.75) is 44.1 Å². The van der Waals surface area contributed by atoms with Gasteiger partial charge in [0.05, 0.1) is 0 Å². The second-order valence-corrected chi connectivity index (χ2v) is 7.02. The molecule has 0 saturated carbocycles. The third kappa shape index (κ3) is 7.65. The number of carbonyl (C=O) groups is 1. The first-order chi connectivity index (χ1) is 10.6. The SMILES string of the molecule is CNC[C@@H](S)[C@H](Cc1cc(F)cc(F)c1)NC(=O)OC(C)(C)C. The lowest BCUT2D eigenvalue weighted by atomic mass is 10.0. The quantitative estimate of drug-likeness (QED) is 0.694. The Morgan fingerprint density at radius 1 is 1.26 bits per heavy atom. The highest BCUT2D eigenvalue weighted by Gasteiger charge is 2.24. The van der Waals surface area contributed by atoms with Crippen LogP contribution in [0.15, 0.2) is 18.2 Å². The number of ether oxygens (including phenoxy) is 1. The molecule has 7 heteroatoms. The van der Waals surface area contributed by atoms with Crippen molar-refractivity contribution in [3.05, 3.63) is 35.4 Å². The maximum Gasteiger partial charge on any atom is 0.407 e. The Labute approximate surface area is 141 Å². The summed E-state index contributed by atoms with van der Waals surface area (Å²) in [6.45, 7) is 5.79. The van der Waals surface area contributed by atoms with Crippen LogP contribution in [0.2, 0.25) is 0 Å². The van der Waals surface area contributed by atoms with Crippen LogP contribution in [0.4, 0.5) is 13.6 Å². The number of nitrogens with one attached hydrogen (secondary N) is 2. The van der Waals surface area contributed by atoms with E-state index in [0.717, 1.165) is 6.07 Å². The summed E-state index contributed by atoms with van der Waals surface area (Å²) in [4.78, 5) is 12.0. The van der Waals surface area contributed by atoms with Crippen LogP contribution < -0.4 is 10.6 Å². The Kier molecular flexibility index (Phi) is 7.28. The average Bonchev–Trinajstić information content (AvgIpc) is 2.34. The molecule has 23 heavy (non-hydrogen) atoms. The summed E-state index contributed by atoms with van der Waals surface area (Å²) in [6, 6.07) is 2.85. The highest BCUT2D eigenvalue weighted by Crippen LogP contribution is 2.15. The molecule has 0 bridgehead atoms. The standard InChI is InChI=1S/C16H24F2N2O2S/c1-16(2,3)22-15(21)20-13(14(23)9-19-4)7-10-5-11(17)8-12(18)6-10/h5-6,8,13-14,19,23H,7,9H2,1-4H3,(H,20,21)/t13-,14+/m0/s1. The Hall–Kier alpha value is -1.34. The van der Waals surface area contributed by atoms with E-state index in [2.05, 4.69) is 23.3 Å². The van der Waals surface area contributed by atoms with Crippen LogP contribution >= 0.6 is 12.6 Å². The lowest BCUT2D eigenvalue weighted by Gasteiger charge is -2.27. The fraction of sp³-hybridized carbons (Fsp3) is 0.562. The summed E-state index contributed by atoms with van der Waals surface area (Å²) < 4.78 is 31.9. The maximum absolute atomic E-state index is 13.3. The highest BCUT2D eigenvalue weighted by atomic mass is 32.1. The van der Waals surface area contributed by atoms with Gasteiger partial charge in [-0.3, -0.25) is 0 Å². The number of thiol groups is 1. The molecule has 0 aliphatic rings. The predicted molar refractivity (Wildman–Crippen MR) is 89.9 cm³/mol. The van der Waals surface area contributed by atoms with Crippen molar-refractivity contribution >= 4 is 18.7 Å².